The van der Waals surface area contributed by atoms with Gasteiger partial charge in [-0.1, -0.05) is 12.1 Å². The minimum absolute atomic E-state index is 0.233. The molecule has 0 unspecified atom stereocenters. The quantitative estimate of drug-likeness (QED) is 0.695. The zero-order chi connectivity index (χ0) is 15.8. The Morgan fingerprint density at radius 1 is 1.22 bits per heavy atom. The van der Waals surface area contributed by atoms with Crippen LogP contribution in [0.3, 0.4) is 0 Å². The fraction of sp³-hybridized carbons (Fsp3) is 0.316. The van der Waals surface area contributed by atoms with Gasteiger partial charge in [-0.2, -0.15) is 0 Å². The summed E-state index contributed by atoms with van der Waals surface area (Å²) in [7, 11) is 0. The van der Waals surface area contributed by atoms with E-state index in [4.69, 9.17) is 4.74 Å². The molecule has 3 nitrogen and oxygen atoms in total. The third kappa shape index (κ3) is 2.93. The topological polar surface area (TPSA) is 27.1 Å². The van der Waals surface area contributed by atoms with Crippen molar-refractivity contribution in [1.82, 2.24) is 9.55 Å². The molecule has 0 radical (unpaired) electrons. The number of aryl methyl sites for hydroxylation is 1. The van der Waals surface area contributed by atoms with Gasteiger partial charge in [-0.3, -0.25) is 0 Å². The number of aromatic nitrogens is 2. The molecule has 2 heterocycles. The number of pyridine rings is 1. The Kier molecular flexibility index (Phi) is 3.52. The summed E-state index contributed by atoms with van der Waals surface area (Å²) in [6, 6.07) is 10.6. The van der Waals surface area contributed by atoms with Crippen LogP contribution in [0.4, 0.5) is 4.39 Å². The van der Waals surface area contributed by atoms with Crippen LogP contribution in [0.5, 0.6) is 5.88 Å². The molecule has 0 saturated heterocycles. The molecule has 4 heteroatoms. The Balaban J connectivity index is 1.64. The number of hydrogen-bond donors (Lipinski definition) is 0. The molecule has 3 aromatic rings. The SMILES string of the molecule is Cc1cc2ccnc(OCc3ccc(F)cc3)c2n1CC1CC1. The average molecular weight is 310 g/mol. The molecule has 4 rings (SSSR count). The van der Waals surface area contributed by atoms with E-state index in [2.05, 4.69) is 22.5 Å². The minimum atomic E-state index is -0.233. The fourth-order valence-electron chi connectivity index (χ4n) is 2.95. The van der Waals surface area contributed by atoms with Gasteiger partial charge in [0.15, 0.2) is 0 Å². The maximum atomic E-state index is 13.0. The first-order valence-electron chi connectivity index (χ1n) is 8.03. The van der Waals surface area contributed by atoms with Gasteiger partial charge in [-0.25, -0.2) is 9.37 Å². The Morgan fingerprint density at radius 3 is 2.74 bits per heavy atom. The molecule has 0 amide bonds. The predicted molar refractivity (Wildman–Crippen MR) is 87.9 cm³/mol. The van der Waals surface area contributed by atoms with Gasteiger partial charge in [0, 0.05) is 23.8 Å². The van der Waals surface area contributed by atoms with Crippen LogP contribution >= 0.6 is 0 Å². The first-order chi connectivity index (χ1) is 11.2. The summed E-state index contributed by atoms with van der Waals surface area (Å²) in [6.45, 7) is 3.56. The van der Waals surface area contributed by atoms with Crippen molar-refractivity contribution in [3.63, 3.8) is 0 Å². The maximum Gasteiger partial charge on any atom is 0.238 e. The Labute approximate surface area is 134 Å². The lowest BCUT2D eigenvalue weighted by Gasteiger charge is -2.11. The smallest absolute Gasteiger partial charge is 0.238 e. The largest absolute Gasteiger partial charge is 0.471 e. The zero-order valence-corrected chi connectivity index (χ0v) is 13.1. The van der Waals surface area contributed by atoms with Crippen molar-refractivity contribution in [1.29, 1.82) is 0 Å². The first kappa shape index (κ1) is 14.2. The first-order valence-corrected chi connectivity index (χ1v) is 8.03. The monoisotopic (exact) mass is 310 g/mol. The molecule has 1 aromatic carbocycles. The van der Waals surface area contributed by atoms with Gasteiger partial charge in [-0.15, -0.1) is 0 Å². The predicted octanol–water partition coefficient (Wildman–Crippen LogP) is 4.47. The van der Waals surface area contributed by atoms with E-state index in [1.807, 2.05) is 6.07 Å². The molecule has 1 saturated carbocycles. The molecule has 23 heavy (non-hydrogen) atoms. The lowest BCUT2D eigenvalue weighted by Crippen LogP contribution is -2.05. The molecule has 0 spiro atoms. The highest BCUT2D eigenvalue weighted by Crippen LogP contribution is 2.35. The summed E-state index contributed by atoms with van der Waals surface area (Å²) in [5.41, 5.74) is 3.24. The summed E-state index contributed by atoms with van der Waals surface area (Å²) in [4.78, 5) is 4.42. The van der Waals surface area contributed by atoms with Gasteiger partial charge in [0.25, 0.3) is 0 Å². The normalized spacial score (nSPS) is 14.3. The second kappa shape index (κ2) is 5.69. The van der Waals surface area contributed by atoms with Crippen molar-refractivity contribution in [2.24, 2.45) is 5.92 Å². The summed E-state index contributed by atoms with van der Waals surface area (Å²) < 4.78 is 21.3. The molecule has 0 atom stereocenters. The van der Waals surface area contributed by atoms with Crippen molar-refractivity contribution < 1.29 is 9.13 Å². The van der Waals surface area contributed by atoms with E-state index in [0.29, 0.717) is 12.5 Å². The van der Waals surface area contributed by atoms with Crippen LogP contribution in [-0.2, 0) is 13.2 Å². The van der Waals surface area contributed by atoms with Crippen LogP contribution < -0.4 is 4.74 Å². The standard InChI is InChI=1S/C19H19FN2O/c1-13-10-16-8-9-21-19(18(16)22(13)11-14-2-3-14)23-12-15-4-6-17(20)7-5-15/h4-10,14H,2-3,11-12H2,1H3. The van der Waals surface area contributed by atoms with Crippen LogP contribution in [-0.4, -0.2) is 9.55 Å². The molecule has 1 fully saturated rings. The molecule has 0 aliphatic heterocycles. The second-order valence-electron chi connectivity index (χ2n) is 6.31. The van der Waals surface area contributed by atoms with Gasteiger partial charge in [0.1, 0.15) is 17.9 Å². The average Bonchev–Trinajstić information content (AvgIpc) is 3.31. The van der Waals surface area contributed by atoms with Crippen LogP contribution in [0.2, 0.25) is 0 Å². The van der Waals surface area contributed by atoms with Crippen molar-refractivity contribution in [3.8, 4) is 5.88 Å². The second-order valence-corrected chi connectivity index (χ2v) is 6.31. The zero-order valence-electron chi connectivity index (χ0n) is 13.1. The number of ether oxygens (including phenoxy) is 1. The van der Waals surface area contributed by atoms with Crippen molar-refractivity contribution in [3.05, 3.63) is 59.7 Å². The van der Waals surface area contributed by atoms with Crippen LogP contribution in [0.25, 0.3) is 10.9 Å². The third-order valence-electron chi connectivity index (χ3n) is 4.41. The Hall–Kier alpha value is -2.36. The summed E-state index contributed by atoms with van der Waals surface area (Å²) >= 11 is 0. The van der Waals surface area contributed by atoms with Crippen molar-refractivity contribution in [2.75, 3.05) is 0 Å². The van der Waals surface area contributed by atoms with Crippen molar-refractivity contribution in [2.45, 2.75) is 32.9 Å². The molecule has 1 aliphatic carbocycles. The van der Waals surface area contributed by atoms with E-state index in [9.17, 15) is 4.39 Å². The molecular formula is C19H19FN2O. The fourth-order valence-corrected chi connectivity index (χ4v) is 2.95. The maximum absolute atomic E-state index is 13.0. The lowest BCUT2D eigenvalue weighted by atomic mass is 10.2. The molecule has 118 valence electrons. The highest BCUT2D eigenvalue weighted by atomic mass is 19.1. The highest BCUT2D eigenvalue weighted by Gasteiger charge is 2.24. The van der Waals surface area contributed by atoms with Gasteiger partial charge >= 0.3 is 0 Å². The van der Waals surface area contributed by atoms with E-state index < -0.39 is 0 Å². The third-order valence-corrected chi connectivity index (χ3v) is 4.41. The Bertz CT molecular complexity index is 834. The number of benzene rings is 1. The van der Waals surface area contributed by atoms with Crippen LogP contribution in [0.15, 0.2) is 42.6 Å². The van der Waals surface area contributed by atoms with Gasteiger partial charge in [0.2, 0.25) is 5.88 Å². The van der Waals surface area contributed by atoms with Crippen LogP contribution in [0.1, 0.15) is 24.1 Å². The van der Waals surface area contributed by atoms with E-state index in [1.165, 1.54) is 30.7 Å². The number of nitrogens with zero attached hydrogens (tertiary/aromatic N) is 2. The van der Waals surface area contributed by atoms with E-state index in [0.717, 1.165) is 28.9 Å². The Morgan fingerprint density at radius 2 is 2.00 bits per heavy atom. The summed E-state index contributed by atoms with van der Waals surface area (Å²) in [5.74, 6) is 1.21. The molecule has 0 N–H and O–H groups in total. The van der Waals surface area contributed by atoms with Crippen molar-refractivity contribution >= 4 is 10.9 Å². The number of fused-ring (bicyclic) bond motifs is 1. The summed E-state index contributed by atoms with van der Waals surface area (Å²) in [5, 5.41) is 1.16. The van der Waals surface area contributed by atoms with Gasteiger partial charge < -0.3 is 9.30 Å². The molecular weight excluding hydrogens is 291 g/mol. The highest BCUT2D eigenvalue weighted by molar-refractivity contribution is 5.85. The number of hydrogen-bond acceptors (Lipinski definition) is 2. The molecule has 1 aliphatic rings. The lowest BCUT2D eigenvalue weighted by molar-refractivity contribution is 0.296. The van der Waals surface area contributed by atoms with Gasteiger partial charge in [-0.05, 0) is 55.5 Å². The molecule has 2 aromatic heterocycles. The van der Waals surface area contributed by atoms with Gasteiger partial charge in [0.05, 0.1) is 0 Å². The molecule has 0 bridgehead atoms. The van der Waals surface area contributed by atoms with E-state index in [-0.39, 0.29) is 5.82 Å². The van der Waals surface area contributed by atoms with Crippen LogP contribution in [0, 0.1) is 18.7 Å². The number of rotatable bonds is 5. The van der Waals surface area contributed by atoms with E-state index in [1.54, 1.807) is 18.3 Å². The van der Waals surface area contributed by atoms with E-state index >= 15 is 0 Å². The minimum Gasteiger partial charge on any atom is -0.471 e. The number of halogens is 1. The summed E-state index contributed by atoms with van der Waals surface area (Å²) in [6.07, 6.45) is 4.40.